The summed E-state index contributed by atoms with van der Waals surface area (Å²) in [5, 5.41) is 3.68. The summed E-state index contributed by atoms with van der Waals surface area (Å²) < 4.78 is 5.71. The highest BCUT2D eigenvalue weighted by atomic mass is 16.5. The SMILES string of the molecule is CCCNC(CN(C)CC1CCCO1)C(C)(C)C. The van der Waals surface area contributed by atoms with E-state index in [-0.39, 0.29) is 0 Å². The minimum Gasteiger partial charge on any atom is -0.377 e. The number of nitrogens with one attached hydrogen (secondary N) is 1. The zero-order chi connectivity index (χ0) is 13.6. The van der Waals surface area contributed by atoms with Gasteiger partial charge in [0.05, 0.1) is 6.10 Å². The summed E-state index contributed by atoms with van der Waals surface area (Å²) in [6.07, 6.45) is 4.12. The molecule has 18 heavy (non-hydrogen) atoms. The van der Waals surface area contributed by atoms with Gasteiger partial charge in [0, 0.05) is 25.7 Å². The van der Waals surface area contributed by atoms with Crippen LogP contribution < -0.4 is 5.32 Å². The molecule has 3 heteroatoms. The molecule has 3 nitrogen and oxygen atoms in total. The number of hydrogen-bond acceptors (Lipinski definition) is 3. The van der Waals surface area contributed by atoms with Crippen LogP contribution in [0, 0.1) is 5.41 Å². The molecule has 1 aliphatic heterocycles. The summed E-state index contributed by atoms with van der Waals surface area (Å²) in [6, 6.07) is 0.545. The first-order chi connectivity index (χ1) is 8.43. The molecule has 0 amide bonds. The zero-order valence-corrected chi connectivity index (χ0v) is 13.0. The van der Waals surface area contributed by atoms with Crippen molar-refractivity contribution in [3.63, 3.8) is 0 Å². The van der Waals surface area contributed by atoms with Gasteiger partial charge >= 0.3 is 0 Å². The topological polar surface area (TPSA) is 24.5 Å². The lowest BCUT2D eigenvalue weighted by molar-refractivity contribution is 0.0724. The maximum atomic E-state index is 5.71. The molecule has 1 rings (SSSR count). The first kappa shape index (κ1) is 15.9. The zero-order valence-electron chi connectivity index (χ0n) is 13.0. The molecule has 1 aliphatic rings. The van der Waals surface area contributed by atoms with E-state index in [9.17, 15) is 0 Å². The van der Waals surface area contributed by atoms with Crippen molar-refractivity contribution in [2.75, 3.05) is 33.3 Å². The van der Waals surface area contributed by atoms with Gasteiger partial charge in [-0.1, -0.05) is 27.7 Å². The van der Waals surface area contributed by atoms with Crippen molar-refractivity contribution in [2.45, 2.75) is 59.1 Å². The van der Waals surface area contributed by atoms with Crippen LogP contribution in [-0.2, 0) is 4.74 Å². The normalized spacial score (nSPS) is 22.7. The van der Waals surface area contributed by atoms with Crippen LogP contribution in [0.25, 0.3) is 0 Å². The van der Waals surface area contributed by atoms with E-state index in [0.717, 1.165) is 26.2 Å². The van der Waals surface area contributed by atoms with Crippen LogP contribution in [0.15, 0.2) is 0 Å². The monoisotopic (exact) mass is 256 g/mol. The Morgan fingerprint density at radius 2 is 2.11 bits per heavy atom. The number of rotatable bonds is 7. The first-order valence-corrected chi connectivity index (χ1v) is 7.47. The van der Waals surface area contributed by atoms with Gasteiger partial charge in [-0.3, -0.25) is 0 Å². The van der Waals surface area contributed by atoms with Gasteiger partial charge in [0.2, 0.25) is 0 Å². The third kappa shape index (κ3) is 5.68. The Kier molecular flexibility index (Phi) is 6.61. The maximum Gasteiger partial charge on any atom is 0.0702 e. The van der Waals surface area contributed by atoms with Crippen LogP contribution in [-0.4, -0.2) is 50.3 Å². The standard InChI is InChI=1S/C15H32N2O/c1-6-9-16-14(15(2,3)4)12-17(5)11-13-8-7-10-18-13/h13-14,16H,6-12H2,1-5H3. The largest absolute Gasteiger partial charge is 0.377 e. The predicted octanol–water partition coefficient (Wildman–Crippen LogP) is 2.51. The summed E-state index contributed by atoms with van der Waals surface area (Å²) >= 11 is 0. The Morgan fingerprint density at radius 3 is 2.61 bits per heavy atom. The average molecular weight is 256 g/mol. The molecule has 1 N–H and O–H groups in total. The smallest absolute Gasteiger partial charge is 0.0702 e. The van der Waals surface area contributed by atoms with E-state index in [4.69, 9.17) is 4.74 Å². The van der Waals surface area contributed by atoms with Gasteiger partial charge in [-0.2, -0.15) is 0 Å². The lowest BCUT2D eigenvalue weighted by Gasteiger charge is -2.35. The molecule has 0 aromatic carbocycles. The molecule has 1 saturated heterocycles. The molecular formula is C15H32N2O. The van der Waals surface area contributed by atoms with E-state index >= 15 is 0 Å². The van der Waals surface area contributed by atoms with Crippen LogP contribution in [0.1, 0.15) is 47.0 Å². The number of ether oxygens (including phenoxy) is 1. The molecule has 1 heterocycles. The lowest BCUT2D eigenvalue weighted by Crippen LogP contribution is -2.49. The van der Waals surface area contributed by atoms with Crippen molar-refractivity contribution >= 4 is 0 Å². The molecule has 0 radical (unpaired) electrons. The summed E-state index contributed by atoms with van der Waals surface area (Å²) in [6.45, 7) is 13.4. The third-order valence-corrected chi connectivity index (χ3v) is 3.72. The van der Waals surface area contributed by atoms with Crippen LogP contribution in [0.3, 0.4) is 0 Å². The fourth-order valence-corrected chi connectivity index (χ4v) is 2.49. The van der Waals surface area contributed by atoms with Crippen molar-refractivity contribution < 1.29 is 4.74 Å². The summed E-state index contributed by atoms with van der Waals surface area (Å²) in [7, 11) is 2.22. The van der Waals surface area contributed by atoms with Crippen molar-refractivity contribution in [1.29, 1.82) is 0 Å². The van der Waals surface area contributed by atoms with Crippen molar-refractivity contribution in [1.82, 2.24) is 10.2 Å². The highest BCUT2D eigenvalue weighted by Crippen LogP contribution is 2.21. The molecule has 0 aromatic rings. The van der Waals surface area contributed by atoms with E-state index in [1.165, 1.54) is 19.3 Å². The van der Waals surface area contributed by atoms with E-state index in [0.29, 0.717) is 17.6 Å². The summed E-state index contributed by atoms with van der Waals surface area (Å²) in [4.78, 5) is 2.43. The average Bonchev–Trinajstić information content (AvgIpc) is 2.75. The molecular weight excluding hydrogens is 224 g/mol. The second kappa shape index (κ2) is 7.46. The Bertz CT molecular complexity index is 219. The van der Waals surface area contributed by atoms with Crippen LogP contribution in [0.5, 0.6) is 0 Å². The number of likely N-dealkylation sites (N-methyl/N-ethyl adjacent to an activating group) is 1. The molecule has 0 aliphatic carbocycles. The summed E-state index contributed by atoms with van der Waals surface area (Å²) in [5.74, 6) is 0. The van der Waals surface area contributed by atoms with E-state index in [2.05, 4.69) is 45.0 Å². The van der Waals surface area contributed by atoms with Gasteiger partial charge in [-0.05, 0) is 38.3 Å². The second-order valence-electron chi connectivity index (χ2n) is 6.73. The second-order valence-corrected chi connectivity index (χ2v) is 6.73. The van der Waals surface area contributed by atoms with Gasteiger partial charge in [0.1, 0.15) is 0 Å². The molecule has 2 unspecified atom stereocenters. The van der Waals surface area contributed by atoms with E-state index in [1.807, 2.05) is 0 Å². The highest BCUT2D eigenvalue weighted by Gasteiger charge is 2.26. The third-order valence-electron chi connectivity index (χ3n) is 3.72. The Morgan fingerprint density at radius 1 is 1.39 bits per heavy atom. The molecule has 108 valence electrons. The molecule has 0 bridgehead atoms. The quantitative estimate of drug-likeness (QED) is 0.757. The fraction of sp³-hybridized carbons (Fsp3) is 1.00. The van der Waals surface area contributed by atoms with Crippen molar-refractivity contribution in [2.24, 2.45) is 5.41 Å². The Balaban J connectivity index is 2.38. The minimum atomic E-state index is 0.306. The maximum absolute atomic E-state index is 5.71. The number of nitrogens with zero attached hydrogens (tertiary/aromatic N) is 1. The van der Waals surface area contributed by atoms with E-state index in [1.54, 1.807) is 0 Å². The minimum absolute atomic E-state index is 0.306. The molecule has 1 fully saturated rings. The number of hydrogen-bond donors (Lipinski definition) is 1. The van der Waals surface area contributed by atoms with Gasteiger partial charge in [0.25, 0.3) is 0 Å². The van der Waals surface area contributed by atoms with Crippen molar-refractivity contribution in [3.8, 4) is 0 Å². The van der Waals surface area contributed by atoms with Crippen LogP contribution >= 0.6 is 0 Å². The lowest BCUT2D eigenvalue weighted by atomic mass is 9.86. The van der Waals surface area contributed by atoms with Crippen LogP contribution in [0.2, 0.25) is 0 Å². The summed E-state index contributed by atoms with van der Waals surface area (Å²) in [5.41, 5.74) is 0.306. The Hall–Kier alpha value is -0.120. The van der Waals surface area contributed by atoms with Gasteiger partial charge in [-0.25, -0.2) is 0 Å². The Labute approximate surface area is 113 Å². The fourth-order valence-electron chi connectivity index (χ4n) is 2.49. The van der Waals surface area contributed by atoms with Gasteiger partial charge < -0.3 is 15.0 Å². The van der Waals surface area contributed by atoms with Crippen molar-refractivity contribution in [3.05, 3.63) is 0 Å². The predicted molar refractivity (Wildman–Crippen MR) is 78.0 cm³/mol. The molecule has 0 spiro atoms. The first-order valence-electron chi connectivity index (χ1n) is 7.47. The highest BCUT2D eigenvalue weighted by molar-refractivity contribution is 4.83. The molecule has 0 aromatic heterocycles. The van der Waals surface area contributed by atoms with E-state index < -0.39 is 0 Å². The van der Waals surface area contributed by atoms with Gasteiger partial charge in [-0.15, -0.1) is 0 Å². The molecule has 2 atom stereocenters. The molecule has 0 saturated carbocycles. The van der Waals surface area contributed by atoms with Gasteiger partial charge in [0.15, 0.2) is 0 Å². The van der Waals surface area contributed by atoms with Crippen LogP contribution in [0.4, 0.5) is 0 Å².